The van der Waals surface area contributed by atoms with Crippen molar-refractivity contribution in [1.29, 1.82) is 0 Å². The van der Waals surface area contributed by atoms with Crippen LogP contribution in [0.4, 0.5) is 0 Å². The highest BCUT2D eigenvalue weighted by molar-refractivity contribution is 5.97. The van der Waals surface area contributed by atoms with E-state index in [2.05, 4.69) is 10.3 Å². The number of hydrogen-bond donors (Lipinski definition) is 1. The Labute approximate surface area is 239 Å². The van der Waals surface area contributed by atoms with E-state index >= 15 is 0 Å². The van der Waals surface area contributed by atoms with E-state index < -0.39 is 29.9 Å². The number of aromatic nitrogens is 1. The van der Waals surface area contributed by atoms with Crippen molar-refractivity contribution in [3.05, 3.63) is 89.7 Å². The van der Waals surface area contributed by atoms with Gasteiger partial charge in [-0.15, -0.1) is 0 Å². The molecule has 9 nitrogen and oxygen atoms in total. The smallest absolute Gasteiger partial charge is 0.340 e. The lowest BCUT2D eigenvalue weighted by Crippen LogP contribution is -2.49. The highest BCUT2D eigenvalue weighted by Gasteiger charge is 2.51. The first-order chi connectivity index (χ1) is 19.8. The van der Waals surface area contributed by atoms with Crippen LogP contribution in [-0.2, 0) is 30.3 Å². The van der Waals surface area contributed by atoms with Gasteiger partial charge in [0.2, 0.25) is 0 Å². The summed E-state index contributed by atoms with van der Waals surface area (Å²) in [6, 6.07) is 19.1. The summed E-state index contributed by atoms with van der Waals surface area (Å²) in [5.74, 6) is -2.15. The Hall–Kier alpha value is -4.08. The first-order valence-electron chi connectivity index (χ1n) is 14.0. The Morgan fingerprint density at radius 3 is 2.49 bits per heavy atom. The van der Waals surface area contributed by atoms with Gasteiger partial charge in [0.1, 0.15) is 0 Å². The molecule has 3 aromatic rings. The number of carbonyl (C=O) groups excluding carboxylic acids is 3. The van der Waals surface area contributed by atoms with Gasteiger partial charge < -0.3 is 24.4 Å². The molecule has 0 bridgehead atoms. The molecule has 2 fully saturated rings. The Morgan fingerprint density at radius 2 is 1.76 bits per heavy atom. The summed E-state index contributed by atoms with van der Waals surface area (Å²) in [5.41, 5.74) is 3.84. The summed E-state index contributed by atoms with van der Waals surface area (Å²) in [4.78, 5) is 45.2. The number of nitrogens with zero attached hydrogens (tertiary/aromatic N) is 2. The number of hydrogen-bond acceptors (Lipinski definition) is 7. The summed E-state index contributed by atoms with van der Waals surface area (Å²) in [6.07, 6.45) is 2.76. The third-order valence-electron chi connectivity index (χ3n) is 7.37. The van der Waals surface area contributed by atoms with Gasteiger partial charge in [-0.3, -0.25) is 14.6 Å². The lowest BCUT2D eigenvalue weighted by molar-refractivity contribution is -0.163. The fourth-order valence-electron chi connectivity index (χ4n) is 5.46. The van der Waals surface area contributed by atoms with Crippen molar-refractivity contribution < 1.29 is 28.6 Å². The number of pyridine rings is 1. The fraction of sp³-hybridized carbons (Fsp3) is 0.375. The average Bonchev–Trinajstić information content (AvgIpc) is 3.61. The fourth-order valence-corrected chi connectivity index (χ4v) is 5.46. The Bertz CT molecular complexity index is 1390. The molecule has 2 saturated heterocycles. The predicted octanol–water partition coefficient (Wildman–Crippen LogP) is 4.43. The first-order valence-corrected chi connectivity index (χ1v) is 14.0. The molecule has 1 unspecified atom stereocenters. The zero-order valence-electron chi connectivity index (χ0n) is 23.5. The molecule has 0 saturated carbocycles. The molecule has 0 aliphatic carbocycles. The number of amides is 2. The second-order valence-corrected chi connectivity index (χ2v) is 10.6. The molecule has 0 spiro atoms. The number of benzene rings is 2. The highest BCUT2D eigenvalue weighted by atomic mass is 16.8. The van der Waals surface area contributed by atoms with Gasteiger partial charge in [-0.25, -0.2) is 4.79 Å². The van der Waals surface area contributed by atoms with E-state index in [9.17, 15) is 14.4 Å². The second kappa shape index (κ2) is 12.2. The SMILES string of the molecule is CCOC(=O)c1cnccc1-c1ccc(CNC(=O)[C@@H]2OC(C)(C)O[C@H]2C(=O)N2CCCC2c2ccccc2)cc1. The Balaban J connectivity index is 1.26. The van der Waals surface area contributed by atoms with Crippen molar-refractivity contribution >= 4 is 17.8 Å². The molecule has 0 radical (unpaired) electrons. The maximum atomic E-state index is 13.7. The number of carbonyl (C=O) groups is 3. The summed E-state index contributed by atoms with van der Waals surface area (Å²) >= 11 is 0. The van der Waals surface area contributed by atoms with Crippen LogP contribution in [0.25, 0.3) is 11.1 Å². The van der Waals surface area contributed by atoms with E-state index in [0.717, 1.165) is 29.5 Å². The van der Waals surface area contributed by atoms with Crippen molar-refractivity contribution in [3.8, 4) is 11.1 Å². The Morgan fingerprint density at radius 1 is 1.02 bits per heavy atom. The molecular weight excluding hydrogens is 522 g/mol. The predicted molar refractivity (Wildman–Crippen MR) is 151 cm³/mol. The largest absolute Gasteiger partial charge is 0.462 e. The minimum atomic E-state index is -1.08. The van der Waals surface area contributed by atoms with E-state index in [4.69, 9.17) is 14.2 Å². The molecular formula is C32H35N3O6. The maximum absolute atomic E-state index is 13.7. The summed E-state index contributed by atoms with van der Waals surface area (Å²) in [5, 5.41) is 2.90. The van der Waals surface area contributed by atoms with Crippen LogP contribution in [0.5, 0.6) is 0 Å². The monoisotopic (exact) mass is 557 g/mol. The zero-order chi connectivity index (χ0) is 29.0. The molecule has 2 amide bonds. The summed E-state index contributed by atoms with van der Waals surface area (Å²) in [6.45, 7) is 6.29. The van der Waals surface area contributed by atoms with Gasteiger partial charge >= 0.3 is 5.97 Å². The van der Waals surface area contributed by atoms with Gasteiger partial charge in [-0.2, -0.15) is 0 Å². The molecule has 2 aliphatic heterocycles. The number of likely N-dealkylation sites (tertiary alicyclic amines) is 1. The molecule has 41 heavy (non-hydrogen) atoms. The average molecular weight is 558 g/mol. The van der Waals surface area contributed by atoms with Gasteiger partial charge in [0.05, 0.1) is 18.2 Å². The number of esters is 1. The van der Waals surface area contributed by atoms with Crippen LogP contribution in [0.3, 0.4) is 0 Å². The minimum absolute atomic E-state index is 0.0528. The summed E-state index contributed by atoms with van der Waals surface area (Å²) in [7, 11) is 0. The molecule has 5 rings (SSSR count). The molecule has 1 aromatic heterocycles. The highest BCUT2D eigenvalue weighted by Crippen LogP contribution is 2.36. The van der Waals surface area contributed by atoms with Crippen LogP contribution in [0.2, 0.25) is 0 Å². The van der Waals surface area contributed by atoms with Gasteiger partial charge in [0.15, 0.2) is 18.0 Å². The topological polar surface area (TPSA) is 107 Å². The van der Waals surface area contributed by atoms with E-state index in [-0.39, 0.29) is 25.1 Å². The Kier molecular flexibility index (Phi) is 8.46. The van der Waals surface area contributed by atoms with Crippen LogP contribution in [0, 0.1) is 0 Å². The number of rotatable bonds is 8. The quantitative estimate of drug-likeness (QED) is 0.409. The van der Waals surface area contributed by atoms with Crippen LogP contribution in [0.15, 0.2) is 73.1 Å². The van der Waals surface area contributed by atoms with Crippen molar-refractivity contribution in [2.45, 2.75) is 64.2 Å². The van der Waals surface area contributed by atoms with Gasteiger partial charge in [0, 0.05) is 25.5 Å². The summed E-state index contributed by atoms with van der Waals surface area (Å²) < 4.78 is 17.1. The molecule has 214 valence electrons. The second-order valence-electron chi connectivity index (χ2n) is 10.6. The van der Waals surface area contributed by atoms with E-state index in [1.165, 1.54) is 6.20 Å². The van der Waals surface area contributed by atoms with E-state index in [1.54, 1.807) is 33.0 Å². The van der Waals surface area contributed by atoms with E-state index in [0.29, 0.717) is 17.7 Å². The molecule has 3 atom stereocenters. The van der Waals surface area contributed by atoms with Crippen molar-refractivity contribution in [3.63, 3.8) is 0 Å². The molecule has 1 N–H and O–H groups in total. The number of ether oxygens (including phenoxy) is 3. The molecule has 3 heterocycles. The lowest BCUT2D eigenvalue weighted by Gasteiger charge is -2.28. The van der Waals surface area contributed by atoms with Gasteiger partial charge in [-0.05, 0) is 61.9 Å². The van der Waals surface area contributed by atoms with Crippen molar-refractivity contribution in [2.24, 2.45) is 0 Å². The van der Waals surface area contributed by atoms with Crippen LogP contribution in [-0.4, -0.2) is 58.8 Å². The van der Waals surface area contributed by atoms with Crippen LogP contribution in [0.1, 0.15) is 61.1 Å². The normalized spacial score (nSPS) is 21.4. The van der Waals surface area contributed by atoms with Crippen LogP contribution >= 0.6 is 0 Å². The van der Waals surface area contributed by atoms with Gasteiger partial charge in [0.25, 0.3) is 11.8 Å². The molecule has 9 heteroatoms. The molecule has 2 aliphatic rings. The van der Waals surface area contributed by atoms with E-state index in [1.807, 2.05) is 59.5 Å². The molecule has 2 aromatic carbocycles. The number of nitrogens with one attached hydrogen (secondary N) is 1. The van der Waals surface area contributed by atoms with Crippen molar-refractivity contribution in [1.82, 2.24) is 15.2 Å². The zero-order valence-corrected chi connectivity index (χ0v) is 23.5. The maximum Gasteiger partial charge on any atom is 0.340 e. The standard InChI is InChI=1S/C32H35N3O6/c1-4-39-31(38)25-20-33-17-16-24(25)22-14-12-21(13-15-22)19-34-29(36)27-28(41-32(2,3)40-27)30(37)35-18-8-11-26(35)23-9-6-5-7-10-23/h5-7,9-10,12-17,20,26-28H,4,8,11,18-19H2,1-3H3,(H,34,36)/t26?,27-,28-/m1/s1. The first kappa shape index (κ1) is 28.4. The third kappa shape index (κ3) is 6.31. The minimum Gasteiger partial charge on any atom is -0.462 e. The lowest BCUT2D eigenvalue weighted by atomic mass is 10.0. The van der Waals surface area contributed by atoms with Crippen LogP contribution < -0.4 is 5.32 Å². The van der Waals surface area contributed by atoms with Crippen molar-refractivity contribution in [2.75, 3.05) is 13.2 Å². The van der Waals surface area contributed by atoms with Gasteiger partial charge in [-0.1, -0.05) is 54.6 Å². The third-order valence-corrected chi connectivity index (χ3v) is 7.37.